The molecule has 1 aromatic carbocycles. The van der Waals surface area contributed by atoms with Gasteiger partial charge in [-0.15, -0.1) is 11.8 Å². The van der Waals surface area contributed by atoms with E-state index in [1.165, 1.54) is 6.07 Å². The summed E-state index contributed by atoms with van der Waals surface area (Å²) in [5, 5.41) is 0. The highest BCUT2D eigenvalue weighted by Gasteiger charge is 2.14. The van der Waals surface area contributed by atoms with Crippen molar-refractivity contribution in [3.63, 3.8) is 0 Å². The van der Waals surface area contributed by atoms with E-state index >= 15 is 0 Å². The molecular formula is C15H15FN2O3S. The van der Waals surface area contributed by atoms with Gasteiger partial charge in [-0.3, -0.25) is 20.4 Å². The molecule has 2 amide bonds. The van der Waals surface area contributed by atoms with Crippen LogP contribution in [-0.4, -0.2) is 17.6 Å². The van der Waals surface area contributed by atoms with E-state index in [9.17, 15) is 14.0 Å². The normalized spacial score (nSPS) is 10.3. The van der Waals surface area contributed by atoms with Gasteiger partial charge in [-0.25, -0.2) is 4.39 Å². The van der Waals surface area contributed by atoms with Gasteiger partial charge in [0.25, 0.3) is 5.91 Å². The Morgan fingerprint density at radius 1 is 1.23 bits per heavy atom. The first-order valence-electron chi connectivity index (χ1n) is 6.51. The zero-order chi connectivity index (χ0) is 16.1. The summed E-state index contributed by atoms with van der Waals surface area (Å²) in [5.74, 6) is -0.189. The van der Waals surface area contributed by atoms with Crippen molar-refractivity contribution in [3.8, 4) is 0 Å². The van der Waals surface area contributed by atoms with Crippen LogP contribution in [0, 0.1) is 19.7 Å². The molecule has 0 saturated carbocycles. The van der Waals surface area contributed by atoms with Crippen molar-refractivity contribution in [1.82, 2.24) is 10.9 Å². The molecule has 2 aromatic rings. The van der Waals surface area contributed by atoms with Crippen molar-refractivity contribution in [2.45, 2.75) is 18.7 Å². The summed E-state index contributed by atoms with van der Waals surface area (Å²) in [7, 11) is 0. The fourth-order valence-corrected chi connectivity index (χ4v) is 2.53. The number of amides is 2. The van der Waals surface area contributed by atoms with Crippen LogP contribution in [0.15, 0.2) is 39.6 Å². The number of halogens is 1. The van der Waals surface area contributed by atoms with Crippen molar-refractivity contribution in [1.29, 1.82) is 0 Å². The van der Waals surface area contributed by atoms with Gasteiger partial charge >= 0.3 is 0 Å². The number of hydrogen-bond donors (Lipinski definition) is 2. The average molecular weight is 322 g/mol. The molecule has 22 heavy (non-hydrogen) atoms. The number of nitrogens with one attached hydrogen (secondary N) is 2. The molecule has 0 bridgehead atoms. The number of thioether (sulfide) groups is 1. The summed E-state index contributed by atoms with van der Waals surface area (Å²) in [5.41, 5.74) is 4.94. The third-order valence-corrected chi connectivity index (χ3v) is 3.85. The molecule has 0 aliphatic rings. The highest BCUT2D eigenvalue weighted by atomic mass is 32.2. The lowest BCUT2D eigenvalue weighted by Crippen LogP contribution is -2.42. The predicted octanol–water partition coefficient (Wildman–Crippen LogP) is 2.59. The Bertz CT molecular complexity index is 700. The van der Waals surface area contributed by atoms with Crippen LogP contribution in [0.25, 0.3) is 0 Å². The zero-order valence-electron chi connectivity index (χ0n) is 12.1. The van der Waals surface area contributed by atoms with Gasteiger partial charge < -0.3 is 4.42 Å². The van der Waals surface area contributed by atoms with Gasteiger partial charge in [-0.2, -0.15) is 0 Å². The highest BCUT2D eigenvalue weighted by molar-refractivity contribution is 8.00. The molecule has 0 aliphatic heterocycles. The van der Waals surface area contributed by atoms with E-state index < -0.39 is 11.8 Å². The molecule has 0 atom stereocenters. The molecule has 2 rings (SSSR count). The smallest absolute Gasteiger partial charge is 0.273 e. The lowest BCUT2D eigenvalue weighted by molar-refractivity contribution is -0.119. The third kappa shape index (κ3) is 4.11. The largest absolute Gasteiger partial charge is 0.466 e. The molecule has 0 unspecified atom stereocenters. The number of furan rings is 1. The van der Waals surface area contributed by atoms with Crippen LogP contribution < -0.4 is 10.9 Å². The van der Waals surface area contributed by atoms with E-state index in [1.807, 2.05) is 0 Å². The second kappa shape index (κ2) is 7.13. The monoisotopic (exact) mass is 322 g/mol. The number of rotatable bonds is 4. The minimum atomic E-state index is -0.460. The Balaban J connectivity index is 1.82. The maximum atomic E-state index is 13.4. The Hall–Kier alpha value is -2.28. The molecule has 7 heteroatoms. The predicted molar refractivity (Wildman–Crippen MR) is 80.9 cm³/mol. The van der Waals surface area contributed by atoms with Gasteiger partial charge in [-0.05, 0) is 32.0 Å². The van der Waals surface area contributed by atoms with Crippen LogP contribution in [0.2, 0.25) is 0 Å². The molecular weight excluding hydrogens is 307 g/mol. The molecule has 2 N–H and O–H groups in total. The van der Waals surface area contributed by atoms with Crippen molar-refractivity contribution in [3.05, 3.63) is 53.2 Å². The first kappa shape index (κ1) is 16.1. The van der Waals surface area contributed by atoms with Crippen LogP contribution in [0.1, 0.15) is 21.9 Å². The topological polar surface area (TPSA) is 71.3 Å². The molecule has 5 nitrogen and oxygen atoms in total. The number of benzene rings is 1. The van der Waals surface area contributed by atoms with Crippen molar-refractivity contribution < 1.29 is 18.4 Å². The van der Waals surface area contributed by atoms with Crippen LogP contribution in [0.4, 0.5) is 4.39 Å². The molecule has 0 radical (unpaired) electrons. The Kier molecular flexibility index (Phi) is 5.21. The molecule has 0 fully saturated rings. The minimum absolute atomic E-state index is 0.00932. The van der Waals surface area contributed by atoms with Crippen LogP contribution >= 0.6 is 11.8 Å². The average Bonchev–Trinajstić information content (AvgIpc) is 2.82. The van der Waals surface area contributed by atoms with Gasteiger partial charge in [0.1, 0.15) is 17.3 Å². The Morgan fingerprint density at radius 3 is 2.59 bits per heavy atom. The third-order valence-electron chi connectivity index (χ3n) is 2.80. The van der Waals surface area contributed by atoms with Gasteiger partial charge in [0.2, 0.25) is 5.91 Å². The SMILES string of the molecule is Cc1cc(C(=O)NNC(=O)CSc2ccccc2F)c(C)o1. The first-order valence-corrected chi connectivity index (χ1v) is 7.49. The van der Waals surface area contributed by atoms with E-state index in [0.29, 0.717) is 22.0 Å². The van der Waals surface area contributed by atoms with Crippen molar-refractivity contribution >= 4 is 23.6 Å². The summed E-state index contributed by atoms with van der Waals surface area (Å²) in [4.78, 5) is 23.9. The van der Waals surface area contributed by atoms with E-state index in [1.54, 1.807) is 38.1 Å². The summed E-state index contributed by atoms with van der Waals surface area (Å²) in [6.45, 7) is 3.39. The van der Waals surface area contributed by atoms with Crippen LogP contribution in [-0.2, 0) is 4.79 Å². The second-order valence-corrected chi connectivity index (χ2v) is 5.57. The van der Waals surface area contributed by atoms with Gasteiger partial charge in [0.15, 0.2) is 0 Å². The molecule has 1 aromatic heterocycles. The summed E-state index contributed by atoms with van der Waals surface area (Å²) < 4.78 is 18.6. The number of hydrazine groups is 1. The lowest BCUT2D eigenvalue weighted by Gasteiger charge is -2.07. The number of aryl methyl sites for hydroxylation is 2. The lowest BCUT2D eigenvalue weighted by atomic mass is 10.2. The number of hydrogen-bond acceptors (Lipinski definition) is 4. The zero-order valence-corrected chi connectivity index (χ0v) is 12.9. The summed E-state index contributed by atoms with van der Waals surface area (Å²) >= 11 is 1.05. The first-order chi connectivity index (χ1) is 10.5. The van der Waals surface area contributed by atoms with Crippen molar-refractivity contribution in [2.75, 3.05) is 5.75 Å². The molecule has 116 valence electrons. The van der Waals surface area contributed by atoms with Gasteiger partial charge in [0.05, 0.1) is 11.3 Å². The number of carbonyl (C=O) groups is 2. The number of carbonyl (C=O) groups excluding carboxylic acids is 2. The maximum absolute atomic E-state index is 13.4. The fraction of sp³-hybridized carbons (Fsp3) is 0.200. The van der Waals surface area contributed by atoms with E-state index in [4.69, 9.17) is 4.42 Å². The van der Waals surface area contributed by atoms with E-state index in [0.717, 1.165) is 11.8 Å². The summed E-state index contributed by atoms with van der Waals surface area (Å²) in [6, 6.07) is 7.77. The standard InChI is InChI=1S/C15H15FN2O3S/c1-9-7-11(10(2)21-9)15(20)18-17-14(19)8-22-13-6-4-3-5-12(13)16/h3-7H,8H2,1-2H3,(H,17,19)(H,18,20). The molecule has 0 saturated heterocycles. The van der Waals surface area contributed by atoms with Crippen molar-refractivity contribution in [2.24, 2.45) is 0 Å². The second-order valence-electron chi connectivity index (χ2n) is 4.55. The maximum Gasteiger partial charge on any atom is 0.273 e. The van der Waals surface area contributed by atoms with Gasteiger partial charge in [-0.1, -0.05) is 12.1 Å². The Labute approximate surface area is 131 Å². The van der Waals surface area contributed by atoms with E-state index in [-0.39, 0.29) is 11.6 Å². The van der Waals surface area contributed by atoms with E-state index in [2.05, 4.69) is 10.9 Å². The Morgan fingerprint density at radius 2 is 1.95 bits per heavy atom. The van der Waals surface area contributed by atoms with Gasteiger partial charge in [0, 0.05) is 4.90 Å². The minimum Gasteiger partial charge on any atom is -0.466 e. The van der Waals surface area contributed by atoms with Crippen LogP contribution in [0.5, 0.6) is 0 Å². The highest BCUT2D eigenvalue weighted by Crippen LogP contribution is 2.20. The summed E-state index contributed by atoms with van der Waals surface area (Å²) in [6.07, 6.45) is 0. The molecule has 1 heterocycles. The van der Waals surface area contributed by atoms with Crippen LogP contribution in [0.3, 0.4) is 0 Å². The molecule has 0 spiro atoms. The molecule has 0 aliphatic carbocycles. The fourth-order valence-electron chi connectivity index (χ4n) is 1.79. The quantitative estimate of drug-likeness (QED) is 0.670.